The second-order valence-electron chi connectivity index (χ2n) is 6.53. The number of ether oxygens (including phenoxy) is 1. The second kappa shape index (κ2) is 12.5. The third kappa shape index (κ3) is 7.25. The van der Waals surface area contributed by atoms with Crippen LogP contribution in [0.1, 0.15) is 38.7 Å². The standard InChI is InChI=1S/C19H28N4O4.HI/c1-3-11-20-19(21-13-15-7-9-17(10-8-15)23(25)26)22-12-5-6-16(14-22)18(24)27-4-2;/h7-10,16H,3-6,11-14H2,1-2H3,(H,20,21);1H. The molecule has 1 atom stereocenters. The van der Waals surface area contributed by atoms with Crippen molar-refractivity contribution in [1.29, 1.82) is 0 Å². The van der Waals surface area contributed by atoms with Crippen LogP contribution in [0.3, 0.4) is 0 Å². The molecule has 1 aromatic carbocycles. The monoisotopic (exact) mass is 504 g/mol. The molecule has 1 aromatic rings. The summed E-state index contributed by atoms with van der Waals surface area (Å²) in [5.41, 5.74) is 0.968. The van der Waals surface area contributed by atoms with Crippen LogP contribution >= 0.6 is 24.0 Å². The van der Waals surface area contributed by atoms with Gasteiger partial charge in [-0.25, -0.2) is 4.99 Å². The lowest BCUT2D eigenvalue weighted by Crippen LogP contribution is -2.48. The number of hydrogen-bond donors (Lipinski definition) is 1. The predicted molar refractivity (Wildman–Crippen MR) is 119 cm³/mol. The van der Waals surface area contributed by atoms with Crippen LogP contribution in [0.2, 0.25) is 0 Å². The van der Waals surface area contributed by atoms with Crippen molar-refractivity contribution in [2.75, 3.05) is 26.2 Å². The first kappa shape index (κ1) is 24.1. The summed E-state index contributed by atoms with van der Waals surface area (Å²) >= 11 is 0. The lowest BCUT2D eigenvalue weighted by atomic mass is 9.98. The molecule has 1 unspecified atom stereocenters. The van der Waals surface area contributed by atoms with E-state index in [1.165, 1.54) is 12.1 Å². The first-order chi connectivity index (χ1) is 13.0. The van der Waals surface area contributed by atoms with Gasteiger partial charge in [0.2, 0.25) is 0 Å². The van der Waals surface area contributed by atoms with Gasteiger partial charge in [-0.1, -0.05) is 19.1 Å². The van der Waals surface area contributed by atoms with Crippen LogP contribution in [-0.4, -0.2) is 48.0 Å². The molecule has 0 aromatic heterocycles. The number of esters is 1. The van der Waals surface area contributed by atoms with Crippen LogP contribution in [0.15, 0.2) is 29.3 Å². The number of aliphatic imine (C=N–C) groups is 1. The fourth-order valence-electron chi connectivity index (χ4n) is 3.02. The van der Waals surface area contributed by atoms with Crippen LogP contribution in [0.25, 0.3) is 0 Å². The minimum atomic E-state index is -0.412. The average Bonchev–Trinajstić information content (AvgIpc) is 2.68. The highest BCUT2D eigenvalue weighted by atomic mass is 127. The van der Waals surface area contributed by atoms with E-state index in [1.807, 2.05) is 6.92 Å². The van der Waals surface area contributed by atoms with Gasteiger partial charge in [0, 0.05) is 31.8 Å². The van der Waals surface area contributed by atoms with Crippen molar-refractivity contribution in [3.63, 3.8) is 0 Å². The molecule has 2 rings (SSSR count). The number of nitro benzene ring substituents is 1. The zero-order chi connectivity index (χ0) is 19.6. The van der Waals surface area contributed by atoms with Gasteiger partial charge < -0.3 is 15.0 Å². The number of guanidine groups is 1. The van der Waals surface area contributed by atoms with E-state index in [0.29, 0.717) is 19.7 Å². The molecule has 0 spiro atoms. The van der Waals surface area contributed by atoms with Crippen molar-refractivity contribution in [3.05, 3.63) is 39.9 Å². The van der Waals surface area contributed by atoms with E-state index >= 15 is 0 Å². The van der Waals surface area contributed by atoms with Gasteiger partial charge in [0.25, 0.3) is 5.69 Å². The van der Waals surface area contributed by atoms with Crippen molar-refractivity contribution in [2.24, 2.45) is 10.9 Å². The Morgan fingerprint density at radius 1 is 1.36 bits per heavy atom. The summed E-state index contributed by atoms with van der Waals surface area (Å²) in [5, 5.41) is 14.1. The molecule has 1 aliphatic heterocycles. The second-order valence-corrected chi connectivity index (χ2v) is 6.53. The maximum absolute atomic E-state index is 12.1. The molecular weight excluding hydrogens is 475 g/mol. The maximum atomic E-state index is 12.1. The van der Waals surface area contributed by atoms with E-state index in [1.54, 1.807) is 12.1 Å². The Hall–Kier alpha value is -1.91. The summed E-state index contributed by atoms with van der Waals surface area (Å²) in [6.45, 7) is 6.94. The minimum absolute atomic E-state index is 0. The van der Waals surface area contributed by atoms with Gasteiger partial charge in [-0.05, 0) is 31.7 Å². The van der Waals surface area contributed by atoms with Gasteiger partial charge in [-0.15, -0.1) is 24.0 Å². The third-order valence-corrected chi connectivity index (χ3v) is 4.43. The number of halogens is 1. The molecule has 8 nitrogen and oxygen atoms in total. The number of non-ortho nitro benzene ring substituents is 1. The first-order valence-corrected chi connectivity index (χ1v) is 9.48. The van der Waals surface area contributed by atoms with Gasteiger partial charge in [0.15, 0.2) is 5.96 Å². The van der Waals surface area contributed by atoms with E-state index in [2.05, 4.69) is 22.1 Å². The van der Waals surface area contributed by atoms with Gasteiger partial charge >= 0.3 is 5.97 Å². The fourth-order valence-corrected chi connectivity index (χ4v) is 3.02. The molecule has 1 N–H and O–H groups in total. The Morgan fingerprint density at radius 3 is 2.68 bits per heavy atom. The van der Waals surface area contributed by atoms with Crippen molar-refractivity contribution >= 4 is 41.6 Å². The van der Waals surface area contributed by atoms with Gasteiger partial charge in [-0.2, -0.15) is 0 Å². The smallest absolute Gasteiger partial charge is 0.310 e. The lowest BCUT2D eigenvalue weighted by Gasteiger charge is -2.34. The van der Waals surface area contributed by atoms with E-state index in [0.717, 1.165) is 43.9 Å². The van der Waals surface area contributed by atoms with Crippen LogP contribution in [0, 0.1) is 16.0 Å². The molecule has 1 saturated heterocycles. The highest BCUT2D eigenvalue weighted by molar-refractivity contribution is 14.0. The topological polar surface area (TPSA) is 97.1 Å². The van der Waals surface area contributed by atoms with Crippen LogP contribution in [-0.2, 0) is 16.1 Å². The number of piperidine rings is 1. The summed E-state index contributed by atoms with van der Waals surface area (Å²) in [4.78, 5) is 29.2. The molecule has 1 heterocycles. The summed E-state index contributed by atoms with van der Waals surface area (Å²) < 4.78 is 5.17. The Bertz CT molecular complexity index is 666. The number of carbonyl (C=O) groups excluding carboxylic acids is 1. The summed E-state index contributed by atoms with van der Waals surface area (Å²) in [6.07, 6.45) is 2.71. The quantitative estimate of drug-likeness (QED) is 0.153. The molecule has 156 valence electrons. The van der Waals surface area contributed by atoms with Crippen LogP contribution in [0.4, 0.5) is 5.69 Å². The van der Waals surface area contributed by atoms with Crippen LogP contribution in [0.5, 0.6) is 0 Å². The first-order valence-electron chi connectivity index (χ1n) is 9.48. The lowest BCUT2D eigenvalue weighted by molar-refractivity contribution is -0.384. The summed E-state index contributed by atoms with van der Waals surface area (Å²) in [7, 11) is 0. The maximum Gasteiger partial charge on any atom is 0.310 e. The number of carbonyl (C=O) groups is 1. The van der Waals surface area contributed by atoms with E-state index < -0.39 is 4.92 Å². The summed E-state index contributed by atoms with van der Waals surface area (Å²) in [5.74, 6) is 0.489. The number of nitrogens with one attached hydrogen (secondary N) is 1. The number of nitro groups is 1. The van der Waals surface area contributed by atoms with E-state index in [-0.39, 0.29) is 41.6 Å². The normalized spacial score (nSPS) is 16.9. The Labute approximate surface area is 182 Å². The number of nitrogens with zero attached hydrogens (tertiary/aromatic N) is 3. The zero-order valence-electron chi connectivity index (χ0n) is 16.4. The number of likely N-dealkylation sites (tertiary alicyclic amines) is 1. The average molecular weight is 504 g/mol. The fraction of sp³-hybridized carbons (Fsp3) is 0.579. The van der Waals surface area contributed by atoms with E-state index in [4.69, 9.17) is 4.74 Å². The summed E-state index contributed by atoms with van der Waals surface area (Å²) in [6, 6.07) is 6.41. The Morgan fingerprint density at radius 2 is 2.07 bits per heavy atom. The van der Waals surface area contributed by atoms with Gasteiger partial charge in [0.1, 0.15) is 0 Å². The molecular formula is C19H29IN4O4. The molecule has 0 saturated carbocycles. The molecule has 28 heavy (non-hydrogen) atoms. The zero-order valence-corrected chi connectivity index (χ0v) is 18.8. The van der Waals surface area contributed by atoms with E-state index in [9.17, 15) is 14.9 Å². The van der Waals surface area contributed by atoms with Crippen LogP contribution < -0.4 is 5.32 Å². The minimum Gasteiger partial charge on any atom is -0.466 e. The molecule has 1 aliphatic rings. The predicted octanol–water partition coefficient (Wildman–Crippen LogP) is 3.34. The molecule has 9 heteroatoms. The SMILES string of the molecule is CCCNC(=NCc1ccc([N+](=O)[O-])cc1)N1CCCC(C(=O)OCC)C1.I. The Kier molecular flexibility index (Phi) is 10.8. The largest absolute Gasteiger partial charge is 0.466 e. The van der Waals surface area contributed by atoms with Crippen molar-refractivity contribution in [1.82, 2.24) is 10.2 Å². The van der Waals surface area contributed by atoms with Crippen molar-refractivity contribution in [2.45, 2.75) is 39.7 Å². The Balaban J connectivity index is 0.00000392. The highest BCUT2D eigenvalue weighted by Gasteiger charge is 2.28. The third-order valence-electron chi connectivity index (χ3n) is 4.43. The number of hydrogen-bond acceptors (Lipinski definition) is 5. The highest BCUT2D eigenvalue weighted by Crippen LogP contribution is 2.19. The number of rotatable bonds is 7. The molecule has 0 bridgehead atoms. The molecule has 1 fully saturated rings. The molecule has 0 aliphatic carbocycles. The van der Waals surface area contributed by atoms with Crippen molar-refractivity contribution < 1.29 is 14.5 Å². The molecule has 0 amide bonds. The van der Waals surface area contributed by atoms with Gasteiger partial charge in [-0.3, -0.25) is 14.9 Å². The number of benzene rings is 1. The molecule has 0 radical (unpaired) electrons. The van der Waals surface area contributed by atoms with Gasteiger partial charge in [0.05, 0.1) is 24.0 Å². The van der Waals surface area contributed by atoms with Crippen molar-refractivity contribution in [3.8, 4) is 0 Å².